The van der Waals surface area contributed by atoms with E-state index in [2.05, 4.69) is 23.4 Å². The van der Waals surface area contributed by atoms with Gasteiger partial charge in [0.15, 0.2) is 11.5 Å². The average Bonchev–Trinajstić information content (AvgIpc) is 3.13. The van der Waals surface area contributed by atoms with Crippen molar-refractivity contribution in [2.24, 2.45) is 5.92 Å². The van der Waals surface area contributed by atoms with Crippen LogP contribution in [0.2, 0.25) is 0 Å². The first kappa shape index (κ1) is 26.6. The van der Waals surface area contributed by atoms with Gasteiger partial charge in [0.1, 0.15) is 18.8 Å². The number of nitrogens with zero attached hydrogens (tertiary/aromatic N) is 3. The Morgan fingerprint density at radius 1 is 1.29 bits per heavy atom. The van der Waals surface area contributed by atoms with E-state index in [0.717, 1.165) is 24.9 Å². The number of likely N-dealkylation sites (N-methyl/N-ethyl adjacent to an activating group) is 3. The number of aliphatic hydroxyl groups is 1. The lowest BCUT2D eigenvalue weighted by atomic mass is 9.53. The van der Waals surface area contributed by atoms with Crippen molar-refractivity contribution in [3.63, 3.8) is 0 Å². The van der Waals surface area contributed by atoms with Crippen LogP contribution < -0.4 is 14.9 Å². The molecule has 2 heterocycles. The number of aliphatic hydroxyl groups excluding tert-OH is 1. The minimum Gasteiger partial charge on any atom is -0.482 e. The van der Waals surface area contributed by atoms with Crippen molar-refractivity contribution in [1.82, 2.24) is 20.2 Å². The first-order chi connectivity index (χ1) is 15.3. The fourth-order valence-electron chi connectivity index (χ4n) is 5.98. The van der Waals surface area contributed by atoms with E-state index >= 15 is 0 Å². The van der Waals surface area contributed by atoms with Crippen LogP contribution in [0.25, 0.3) is 0 Å². The van der Waals surface area contributed by atoms with Crippen LogP contribution in [0.1, 0.15) is 17.5 Å². The second-order valence-electron chi connectivity index (χ2n) is 9.31. The Balaban J connectivity index is 0.00000162. The summed E-state index contributed by atoms with van der Waals surface area (Å²) >= 11 is 0. The van der Waals surface area contributed by atoms with Crippen molar-refractivity contribution in [1.29, 1.82) is 0 Å². The third kappa shape index (κ3) is 3.74. The quantitative estimate of drug-likeness (QED) is 0.462. The molecule has 1 aromatic carbocycles. The van der Waals surface area contributed by atoms with Crippen LogP contribution in [0.3, 0.4) is 0 Å². The molecule has 34 heavy (non-hydrogen) atoms. The molecule has 2 bridgehead atoms. The second kappa shape index (κ2) is 9.54. The summed E-state index contributed by atoms with van der Waals surface area (Å²) in [6, 6.07) is 4.14. The zero-order valence-electron chi connectivity index (χ0n) is 19.7. The van der Waals surface area contributed by atoms with Crippen LogP contribution in [-0.4, -0.2) is 91.4 Å². The Morgan fingerprint density at radius 2 is 2.03 bits per heavy atom. The molecular weight excluding hydrogens is 483 g/mol. The molecule has 1 spiro atoms. The predicted octanol–water partition coefficient (Wildman–Crippen LogP) is 1.36. The number of halogens is 2. The van der Waals surface area contributed by atoms with Crippen LogP contribution in [0.15, 0.2) is 24.3 Å². The highest BCUT2D eigenvalue weighted by atomic mass is 35.5. The number of hydrazine groups is 1. The summed E-state index contributed by atoms with van der Waals surface area (Å²) in [6.07, 6.45) is 4.02. The maximum absolute atomic E-state index is 12.7. The van der Waals surface area contributed by atoms with Crippen molar-refractivity contribution >= 4 is 36.8 Å². The van der Waals surface area contributed by atoms with Gasteiger partial charge in [0, 0.05) is 44.1 Å². The van der Waals surface area contributed by atoms with Crippen LogP contribution in [0.5, 0.6) is 11.5 Å². The summed E-state index contributed by atoms with van der Waals surface area (Å²) in [4.78, 5) is 28.5. The fraction of sp³-hybridized carbons (Fsp3) is 0.565. The van der Waals surface area contributed by atoms with E-state index in [4.69, 9.17) is 9.47 Å². The maximum Gasteiger partial charge on any atom is 0.415 e. The molecule has 2 aliphatic heterocycles. The van der Waals surface area contributed by atoms with Gasteiger partial charge in [-0.05, 0) is 38.1 Å². The van der Waals surface area contributed by atoms with E-state index in [0.29, 0.717) is 17.5 Å². The van der Waals surface area contributed by atoms with Gasteiger partial charge in [-0.2, -0.15) is 0 Å². The molecular formula is C23H32Cl2N4O5. The van der Waals surface area contributed by atoms with Crippen LogP contribution >= 0.6 is 24.8 Å². The molecule has 5 rings (SSSR count). The van der Waals surface area contributed by atoms with E-state index in [9.17, 15) is 14.7 Å². The molecule has 188 valence electrons. The Hall–Kier alpha value is -2.04. The zero-order chi connectivity index (χ0) is 22.8. The highest BCUT2D eigenvalue weighted by molar-refractivity contribution is 5.85. The average molecular weight is 515 g/mol. The SMILES string of the molecule is CNN(C)C(=O)CN(C)C(=O)Oc1ccc2c3c1O[C@H]1[C@@H](O)C=CC4C(C2)N(C)CC[C@@]341.Cl.Cl. The molecule has 2 aliphatic carbocycles. The molecule has 2 N–H and O–H groups in total. The molecule has 1 aromatic rings. The number of carbonyl (C=O) groups excluding carboxylic acids is 2. The molecule has 5 atom stereocenters. The maximum atomic E-state index is 12.7. The molecule has 2 unspecified atom stereocenters. The van der Waals surface area contributed by atoms with E-state index in [-0.39, 0.29) is 48.6 Å². The van der Waals surface area contributed by atoms with Crippen LogP contribution in [0, 0.1) is 5.92 Å². The van der Waals surface area contributed by atoms with E-state index in [1.807, 2.05) is 12.1 Å². The summed E-state index contributed by atoms with van der Waals surface area (Å²) in [5.74, 6) is 0.870. The number of rotatable bonds is 4. The van der Waals surface area contributed by atoms with E-state index in [1.54, 1.807) is 20.2 Å². The number of hydrogen-bond donors (Lipinski definition) is 2. The summed E-state index contributed by atoms with van der Waals surface area (Å²) in [7, 11) is 6.90. The lowest BCUT2D eigenvalue weighted by Gasteiger charge is -2.56. The largest absolute Gasteiger partial charge is 0.482 e. The summed E-state index contributed by atoms with van der Waals surface area (Å²) in [6.45, 7) is 0.802. The number of amides is 2. The van der Waals surface area contributed by atoms with Gasteiger partial charge in [0.05, 0.1) is 0 Å². The molecule has 1 fully saturated rings. The van der Waals surface area contributed by atoms with Gasteiger partial charge in [0.25, 0.3) is 5.91 Å². The van der Waals surface area contributed by atoms with Crippen molar-refractivity contribution < 1.29 is 24.2 Å². The minimum absolute atomic E-state index is 0. The first-order valence-corrected chi connectivity index (χ1v) is 11.0. The molecule has 9 nitrogen and oxygen atoms in total. The molecule has 4 aliphatic rings. The highest BCUT2D eigenvalue weighted by Crippen LogP contribution is 2.62. The Morgan fingerprint density at radius 3 is 2.74 bits per heavy atom. The summed E-state index contributed by atoms with van der Waals surface area (Å²) in [5.41, 5.74) is 4.68. The second-order valence-corrected chi connectivity index (χ2v) is 9.31. The molecule has 0 radical (unpaired) electrons. The van der Waals surface area contributed by atoms with Crippen molar-refractivity contribution in [2.45, 2.75) is 36.5 Å². The number of ether oxygens (including phenoxy) is 2. The van der Waals surface area contributed by atoms with Gasteiger partial charge >= 0.3 is 6.09 Å². The van der Waals surface area contributed by atoms with Crippen LogP contribution in [0.4, 0.5) is 4.79 Å². The topological polar surface area (TPSA) is 94.6 Å². The Kier molecular flexibility index (Phi) is 7.46. The van der Waals surface area contributed by atoms with Crippen LogP contribution in [-0.2, 0) is 16.6 Å². The van der Waals surface area contributed by atoms with E-state index < -0.39 is 18.3 Å². The standard InChI is InChI=1S/C23H30N4O5.2ClH/c1-24-27(4)18(29)12-26(3)22(30)31-17-8-5-13-11-15-14-6-7-16(28)21-23(14,9-10-25(15)2)19(13)20(17)32-21;;/h5-8,14-16,21,24,28H,9-12H2,1-4H3;2*1H/t14?,15?,16-,21-,23-;;/m0../s1. The van der Waals surface area contributed by atoms with Gasteiger partial charge in [-0.1, -0.05) is 18.2 Å². The predicted molar refractivity (Wildman–Crippen MR) is 131 cm³/mol. The summed E-state index contributed by atoms with van der Waals surface area (Å²) < 4.78 is 12.1. The minimum atomic E-state index is -0.713. The molecule has 0 aromatic heterocycles. The number of hydrogen-bond acceptors (Lipinski definition) is 7. The van der Waals surface area contributed by atoms with Crippen molar-refractivity contribution in [3.8, 4) is 11.5 Å². The number of likely N-dealkylation sites (tertiary alicyclic amines) is 1. The normalized spacial score (nSPS) is 29.7. The third-order valence-corrected chi connectivity index (χ3v) is 7.73. The lowest BCUT2D eigenvalue weighted by Crippen LogP contribution is -2.64. The van der Waals surface area contributed by atoms with Gasteiger partial charge < -0.3 is 24.4 Å². The first-order valence-electron chi connectivity index (χ1n) is 11.0. The van der Waals surface area contributed by atoms with E-state index in [1.165, 1.54) is 22.5 Å². The number of carbonyl (C=O) groups is 2. The zero-order valence-corrected chi connectivity index (χ0v) is 21.3. The Bertz CT molecular complexity index is 1010. The van der Waals surface area contributed by atoms with Gasteiger partial charge in [-0.15, -0.1) is 24.8 Å². The van der Waals surface area contributed by atoms with Crippen molar-refractivity contribution in [3.05, 3.63) is 35.4 Å². The molecule has 2 amide bonds. The van der Waals surface area contributed by atoms with Gasteiger partial charge in [-0.3, -0.25) is 9.80 Å². The Labute approximate surface area is 211 Å². The smallest absolute Gasteiger partial charge is 0.415 e. The monoisotopic (exact) mass is 514 g/mol. The fourth-order valence-corrected chi connectivity index (χ4v) is 5.98. The number of nitrogens with one attached hydrogen (secondary N) is 1. The highest BCUT2D eigenvalue weighted by Gasteiger charge is 2.64. The number of benzene rings is 1. The number of piperidine rings is 1. The molecule has 11 heteroatoms. The van der Waals surface area contributed by atoms with Crippen molar-refractivity contribution in [2.75, 3.05) is 41.3 Å². The lowest BCUT2D eigenvalue weighted by molar-refractivity contribution is -0.132. The molecule has 0 saturated carbocycles. The summed E-state index contributed by atoms with van der Waals surface area (Å²) in [5, 5.41) is 12.1. The van der Waals surface area contributed by atoms with Gasteiger partial charge in [-0.25, -0.2) is 10.2 Å². The van der Waals surface area contributed by atoms with Gasteiger partial charge in [0.2, 0.25) is 0 Å². The third-order valence-electron chi connectivity index (χ3n) is 7.73. The molecule has 1 saturated heterocycles.